The summed E-state index contributed by atoms with van der Waals surface area (Å²) in [6.07, 6.45) is 1.23. The molecule has 0 saturated heterocycles. The van der Waals surface area contributed by atoms with Crippen molar-refractivity contribution < 1.29 is 14.3 Å². The number of benzene rings is 1. The van der Waals surface area contributed by atoms with Gasteiger partial charge in [0.05, 0.1) is 11.7 Å². The summed E-state index contributed by atoms with van der Waals surface area (Å²) in [7, 11) is 1.58. The van der Waals surface area contributed by atoms with Crippen molar-refractivity contribution in [2.24, 2.45) is 0 Å². The summed E-state index contributed by atoms with van der Waals surface area (Å²) in [6, 6.07) is 3.35. The highest BCUT2D eigenvalue weighted by molar-refractivity contribution is 5.84. The molecule has 94 valence electrons. The molecule has 1 atom stereocenters. The zero-order valence-corrected chi connectivity index (χ0v) is 10.3. The van der Waals surface area contributed by atoms with Gasteiger partial charge in [0.25, 0.3) is 0 Å². The van der Waals surface area contributed by atoms with Gasteiger partial charge in [-0.25, -0.2) is 0 Å². The first-order valence-corrected chi connectivity index (χ1v) is 5.94. The van der Waals surface area contributed by atoms with E-state index in [0.717, 1.165) is 12.0 Å². The molecule has 1 aliphatic rings. The molecule has 0 unspecified atom stereocenters. The number of rotatable bonds is 1. The van der Waals surface area contributed by atoms with E-state index in [-0.39, 0.29) is 22.7 Å². The second-order valence-corrected chi connectivity index (χ2v) is 4.69. The standard InChI is InChI=1S/C14H14O4/c1-7-5-8(15)12-11(6-7)18-10-4-3-9(17-2)13(10)14(12)16/h5-6,9,15H,3-4H2,1-2H3/t9-/m0/s1. The van der Waals surface area contributed by atoms with Crippen molar-refractivity contribution in [3.63, 3.8) is 0 Å². The fourth-order valence-corrected chi connectivity index (χ4v) is 2.65. The second-order valence-electron chi connectivity index (χ2n) is 4.69. The van der Waals surface area contributed by atoms with E-state index in [1.165, 1.54) is 0 Å². The van der Waals surface area contributed by atoms with E-state index >= 15 is 0 Å². The Hall–Kier alpha value is -1.81. The second kappa shape index (κ2) is 3.85. The maximum absolute atomic E-state index is 12.4. The maximum atomic E-state index is 12.4. The number of methoxy groups -OCH3 is 1. The van der Waals surface area contributed by atoms with Crippen LogP contribution in [0.25, 0.3) is 11.0 Å². The Morgan fingerprint density at radius 1 is 1.44 bits per heavy atom. The Labute approximate surface area is 104 Å². The third-order valence-electron chi connectivity index (χ3n) is 3.47. The van der Waals surface area contributed by atoms with Gasteiger partial charge in [0.1, 0.15) is 22.5 Å². The van der Waals surface area contributed by atoms with Gasteiger partial charge in [-0.2, -0.15) is 0 Å². The molecular weight excluding hydrogens is 232 g/mol. The molecule has 0 saturated carbocycles. The normalized spacial score (nSPS) is 18.2. The van der Waals surface area contributed by atoms with Gasteiger partial charge in [-0.3, -0.25) is 4.79 Å². The van der Waals surface area contributed by atoms with Crippen molar-refractivity contribution in [1.82, 2.24) is 0 Å². The first kappa shape index (κ1) is 11.3. The maximum Gasteiger partial charge on any atom is 0.202 e. The van der Waals surface area contributed by atoms with E-state index in [9.17, 15) is 9.90 Å². The van der Waals surface area contributed by atoms with Gasteiger partial charge in [-0.1, -0.05) is 0 Å². The van der Waals surface area contributed by atoms with Gasteiger partial charge >= 0.3 is 0 Å². The van der Waals surface area contributed by atoms with E-state index in [2.05, 4.69) is 0 Å². The molecular formula is C14H14O4. The lowest BCUT2D eigenvalue weighted by atomic mass is 10.1. The molecule has 1 N–H and O–H groups in total. The minimum absolute atomic E-state index is 0.0247. The quantitative estimate of drug-likeness (QED) is 0.839. The lowest BCUT2D eigenvalue weighted by Gasteiger charge is -2.09. The van der Waals surface area contributed by atoms with Crippen LogP contribution in [0, 0.1) is 6.92 Å². The summed E-state index contributed by atoms with van der Waals surface area (Å²) < 4.78 is 11.0. The van der Waals surface area contributed by atoms with Crippen molar-refractivity contribution in [2.45, 2.75) is 25.9 Å². The number of hydrogen-bond donors (Lipinski definition) is 1. The number of phenolic OH excluding ortho intramolecular Hbond substituents is 1. The third kappa shape index (κ3) is 1.46. The predicted molar refractivity (Wildman–Crippen MR) is 67.0 cm³/mol. The van der Waals surface area contributed by atoms with Crippen molar-refractivity contribution in [2.75, 3.05) is 7.11 Å². The Morgan fingerprint density at radius 2 is 2.22 bits per heavy atom. The third-order valence-corrected chi connectivity index (χ3v) is 3.47. The van der Waals surface area contributed by atoms with Crippen molar-refractivity contribution in [3.8, 4) is 5.75 Å². The number of phenols is 1. The molecule has 1 aliphatic carbocycles. The smallest absolute Gasteiger partial charge is 0.202 e. The molecule has 0 radical (unpaired) electrons. The zero-order chi connectivity index (χ0) is 12.9. The van der Waals surface area contributed by atoms with Gasteiger partial charge in [0.15, 0.2) is 0 Å². The van der Waals surface area contributed by atoms with E-state index in [4.69, 9.17) is 9.15 Å². The molecule has 1 aromatic heterocycles. The van der Waals surface area contributed by atoms with Crippen LogP contribution >= 0.6 is 0 Å². The molecule has 18 heavy (non-hydrogen) atoms. The summed E-state index contributed by atoms with van der Waals surface area (Å²) in [5, 5.41) is 10.2. The van der Waals surface area contributed by atoms with Crippen LogP contribution in [0.5, 0.6) is 5.75 Å². The largest absolute Gasteiger partial charge is 0.507 e. The van der Waals surface area contributed by atoms with Crippen molar-refractivity contribution in [3.05, 3.63) is 39.2 Å². The van der Waals surface area contributed by atoms with Crippen molar-refractivity contribution in [1.29, 1.82) is 0 Å². The first-order chi connectivity index (χ1) is 8.61. The summed E-state index contributed by atoms with van der Waals surface area (Å²) in [6.45, 7) is 1.85. The van der Waals surface area contributed by atoms with Crippen LogP contribution < -0.4 is 5.43 Å². The number of aryl methyl sites for hydroxylation is 2. The van der Waals surface area contributed by atoms with Gasteiger partial charge in [0.2, 0.25) is 5.43 Å². The van der Waals surface area contributed by atoms with Crippen LogP contribution in [0.1, 0.15) is 29.4 Å². The summed E-state index contributed by atoms with van der Waals surface area (Å²) in [4.78, 5) is 12.4. The fourth-order valence-electron chi connectivity index (χ4n) is 2.65. The molecule has 0 amide bonds. The van der Waals surface area contributed by atoms with Crippen LogP contribution in [-0.4, -0.2) is 12.2 Å². The minimum Gasteiger partial charge on any atom is -0.507 e. The highest BCUT2D eigenvalue weighted by atomic mass is 16.5. The van der Waals surface area contributed by atoms with Crippen LogP contribution in [0.3, 0.4) is 0 Å². The van der Waals surface area contributed by atoms with Crippen LogP contribution in [0.4, 0.5) is 0 Å². The monoisotopic (exact) mass is 246 g/mol. The zero-order valence-electron chi connectivity index (χ0n) is 10.3. The topological polar surface area (TPSA) is 59.7 Å². The summed E-state index contributed by atoms with van der Waals surface area (Å²) in [5.41, 5.74) is 1.70. The molecule has 4 nitrogen and oxygen atoms in total. The predicted octanol–water partition coefficient (Wildman–Crippen LogP) is 2.44. The Balaban J connectivity index is 2.41. The van der Waals surface area contributed by atoms with Gasteiger partial charge in [0, 0.05) is 13.5 Å². The number of aromatic hydroxyl groups is 1. The van der Waals surface area contributed by atoms with Crippen LogP contribution in [0.15, 0.2) is 21.3 Å². The van der Waals surface area contributed by atoms with Crippen molar-refractivity contribution >= 4 is 11.0 Å². The number of fused-ring (bicyclic) bond motifs is 2. The average Bonchev–Trinajstić information content (AvgIpc) is 2.71. The van der Waals surface area contributed by atoms with Gasteiger partial charge in [-0.05, 0) is 31.0 Å². The first-order valence-electron chi connectivity index (χ1n) is 5.94. The molecule has 1 heterocycles. The molecule has 3 rings (SSSR count). The number of hydrogen-bond acceptors (Lipinski definition) is 4. The molecule has 4 heteroatoms. The Morgan fingerprint density at radius 3 is 2.94 bits per heavy atom. The highest BCUT2D eigenvalue weighted by Gasteiger charge is 2.29. The van der Waals surface area contributed by atoms with E-state index < -0.39 is 0 Å². The Kier molecular flexibility index (Phi) is 2.41. The summed E-state index contributed by atoms with van der Waals surface area (Å²) in [5.74, 6) is 0.660. The SMILES string of the molecule is CO[C@H]1CCc2oc3cc(C)cc(O)c3c(=O)c21. The minimum atomic E-state index is -0.221. The highest BCUT2D eigenvalue weighted by Crippen LogP contribution is 2.35. The molecule has 0 spiro atoms. The van der Waals surface area contributed by atoms with E-state index in [1.807, 2.05) is 6.92 Å². The van der Waals surface area contributed by atoms with E-state index in [0.29, 0.717) is 23.3 Å². The Bertz CT molecular complexity index is 684. The fraction of sp³-hybridized carbons (Fsp3) is 0.357. The lowest BCUT2D eigenvalue weighted by Crippen LogP contribution is -2.13. The average molecular weight is 246 g/mol. The van der Waals surface area contributed by atoms with Crippen LogP contribution in [0.2, 0.25) is 0 Å². The lowest BCUT2D eigenvalue weighted by molar-refractivity contribution is 0.104. The number of ether oxygens (including phenoxy) is 1. The van der Waals surface area contributed by atoms with Gasteiger partial charge in [-0.15, -0.1) is 0 Å². The van der Waals surface area contributed by atoms with E-state index in [1.54, 1.807) is 19.2 Å². The molecule has 1 aromatic carbocycles. The van der Waals surface area contributed by atoms with Crippen LogP contribution in [-0.2, 0) is 11.2 Å². The molecule has 0 bridgehead atoms. The summed E-state index contributed by atoms with van der Waals surface area (Å²) >= 11 is 0. The molecule has 2 aromatic rings. The molecule has 0 aliphatic heterocycles. The van der Waals surface area contributed by atoms with Gasteiger partial charge < -0.3 is 14.3 Å². The molecule has 0 fully saturated rings.